The molecule has 3 aromatic rings. The van der Waals surface area contributed by atoms with Crippen molar-refractivity contribution in [3.8, 4) is 5.75 Å². The molecule has 1 aliphatic rings. The number of halogens is 1. The van der Waals surface area contributed by atoms with Gasteiger partial charge in [-0.25, -0.2) is 0 Å². The first kappa shape index (κ1) is 21.6. The Kier molecular flexibility index (Phi) is 7.07. The fraction of sp³-hybridized carbons (Fsp3) is 0.240. The summed E-state index contributed by atoms with van der Waals surface area (Å²) < 4.78 is 5.43. The summed E-state index contributed by atoms with van der Waals surface area (Å²) in [7, 11) is 1.64. The van der Waals surface area contributed by atoms with E-state index in [1.54, 1.807) is 13.2 Å². The second-order valence-electron chi connectivity index (χ2n) is 7.52. The van der Waals surface area contributed by atoms with Crippen LogP contribution in [0.2, 0.25) is 5.02 Å². The molecule has 0 aliphatic carbocycles. The molecule has 1 N–H and O–H groups in total. The summed E-state index contributed by atoms with van der Waals surface area (Å²) in [6, 6.07) is 27.1. The van der Waals surface area contributed by atoms with Gasteiger partial charge in [0.15, 0.2) is 5.11 Å². The maximum absolute atomic E-state index is 6.15. The zero-order valence-corrected chi connectivity index (χ0v) is 19.1. The number of anilines is 1. The molecule has 0 radical (unpaired) electrons. The molecule has 1 fully saturated rings. The standard InChI is InChI=1S/C25H26ClN3OS/c1-30-23-13-12-21(26)18-22(23)27-25(31)29-16-14-28(15-17-29)24(19-8-4-2-5-9-19)20-10-6-3-7-11-20/h2-13,18,24H,14-17H2,1H3,(H,27,31). The van der Waals surface area contributed by atoms with Gasteiger partial charge in [-0.15, -0.1) is 0 Å². The van der Waals surface area contributed by atoms with E-state index in [9.17, 15) is 0 Å². The molecule has 0 unspecified atom stereocenters. The first-order valence-electron chi connectivity index (χ1n) is 10.4. The number of ether oxygens (including phenoxy) is 1. The highest BCUT2D eigenvalue weighted by Crippen LogP contribution is 2.30. The molecule has 160 valence electrons. The molecule has 6 heteroatoms. The van der Waals surface area contributed by atoms with E-state index in [0.717, 1.165) is 37.6 Å². The average molecular weight is 452 g/mol. The molecule has 0 spiro atoms. The molecular formula is C25H26ClN3OS. The van der Waals surface area contributed by atoms with E-state index in [4.69, 9.17) is 28.6 Å². The Hall–Kier alpha value is -2.60. The van der Waals surface area contributed by atoms with Crippen molar-refractivity contribution in [2.75, 3.05) is 38.6 Å². The number of nitrogens with one attached hydrogen (secondary N) is 1. The lowest BCUT2D eigenvalue weighted by atomic mass is 9.96. The van der Waals surface area contributed by atoms with Crippen molar-refractivity contribution in [1.29, 1.82) is 0 Å². The highest BCUT2D eigenvalue weighted by Gasteiger charge is 2.27. The second kappa shape index (κ2) is 10.1. The Morgan fingerprint density at radius 2 is 1.48 bits per heavy atom. The van der Waals surface area contributed by atoms with Crippen LogP contribution in [-0.2, 0) is 0 Å². The monoisotopic (exact) mass is 451 g/mol. The van der Waals surface area contributed by atoms with Crippen LogP contribution in [0.5, 0.6) is 5.75 Å². The molecule has 4 rings (SSSR count). The number of piperazine rings is 1. The largest absolute Gasteiger partial charge is 0.495 e. The average Bonchev–Trinajstić information content (AvgIpc) is 2.81. The molecule has 0 bridgehead atoms. The van der Waals surface area contributed by atoms with Crippen molar-refractivity contribution in [2.24, 2.45) is 0 Å². The summed E-state index contributed by atoms with van der Waals surface area (Å²) in [5, 5.41) is 4.64. The van der Waals surface area contributed by atoms with E-state index in [-0.39, 0.29) is 6.04 Å². The van der Waals surface area contributed by atoms with Gasteiger partial charge in [-0.1, -0.05) is 72.3 Å². The Labute approximate surface area is 194 Å². The SMILES string of the molecule is COc1ccc(Cl)cc1NC(=S)N1CCN(C(c2ccccc2)c2ccccc2)CC1. The minimum absolute atomic E-state index is 0.235. The minimum Gasteiger partial charge on any atom is -0.495 e. The van der Waals surface area contributed by atoms with Crippen molar-refractivity contribution < 1.29 is 4.74 Å². The van der Waals surface area contributed by atoms with Gasteiger partial charge in [-0.2, -0.15) is 0 Å². The van der Waals surface area contributed by atoms with E-state index in [1.165, 1.54) is 11.1 Å². The summed E-state index contributed by atoms with van der Waals surface area (Å²) in [4.78, 5) is 4.74. The van der Waals surface area contributed by atoms with Gasteiger partial charge in [0, 0.05) is 31.2 Å². The van der Waals surface area contributed by atoms with E-state index in [1.807, 2.05) is 12.1 Å². The van der Waals surface area contributed by atoms with Crippen LogP contribution < -0.4 is 10.1 Å². The van der Waals surface area contributed by atoms with Crippen LogP contribution in [0.15, 0.2) is 78.9 Å². The third-order valence-corrected chi connectivity index (χ3v) is 6.20. The topological polar surface area (TPSA) is 27.7 Å². The predicted molar refractivity (Wildman–Crippen MR) is 132 cm³/mol. The highest BCUT2D eigenvalue weighted by molar-refractivity contribution is 7.80. The van der Waals surface area contributed by atoms with Gasteiger partial charge in [-0.05, 0) is 41.5 Å². The maximum atomic E-state index is 6.15. The predicted octanol–water partition coefficient (Wildman–Crippen LogP) is 5.45. The highest BCUT2D eigenvalue weighted by atomic mass is 35.5. The van der Waals surface area contributed by atoms with Crippen LogP contribution in [0, 0.1) is 0 Å². The number of hydrogen-bond acceptors (Lipinski definition) is 3. The van der Waals surface area contributed by atoms with Crippen molar-refractivity contribution in [2.45, 2.75) is 6.04 Å². The molecule has 0 atom stereocenters. The van der Waals surface area contributed by atoms with Gasteiger partial charge < -0.3 is 15.0 Å². The van der Waals surface area contributed by atoms with Gasteiger partial charge in [0.25, 0.3) is 0 Å². The van der Waals surface area contributed by atoms with Crippen LogP contribution in [0.3, 0.4) is 0 Å². The summed E-state index contributed by atoms with van der Waals surface area (Å²) in [5.41, 5.74) is 3.41. The lowest BCUT2D eigenvalue weighted by Gasteiger charge is -2.40. The third kappa shape index (κ3) is 5.18. The Morgan fingerprint density at radius 3 is 2.03 bits per heavy atom. The number of rotatable bonds is 5. The number of methoxy groups -OCH3 is 1. The van der Waals surface area contributed by atoms with Crippen LogP contribution in [-0.4, -0.2) is 48.2 Å². The van der Waals surface area contributed by atoms with Gasteiger partial charge in [0.2, 0.25) is 0 Å². The van der Waals surface area contributed by atoms with Gasteiger partial charge in [-0.3, -0.25) is 4.90 Å². The molecule has 1 aliphatic heterocycles. The van der Waals surface area contributed by atoms with E-state index in [0.29, 0.717) is 10.1 Å². The molecule has 3 aromatic carbocycles. The fourth-order valence-corrected chi connectivity index (χ4v) is 4.50. The molecule has 31 heavy (non-hydrogen) atoms. The van der Waals surface area contributed by atoms with E-state index in [2.05, 4.69) is 75.8 Å². The normalized spacial score (nSPS) is 14.5. The van der Waals surface area contributed by atoms with Crippen molar-refractivity contribution >= 4 is 34.6 Å². The zero-order valence-electron chi connectivity index (χ0n) is 17.5. The van der Waals surface area contributed by atoms with E-state index >= 15 is 0 Å². The lowest BCUT2D eigenvalue weighted by Crippen LogP contribution is -2.51. The van der Waals surface area contributed by atoms with Gasteiger partial charge >= 0.3 is 0 Å². The number of hydrogen-bond donors (Lipinski definition) is 1. The van der Waals surface area contributed by atoms with Crippen LogP contribution in [0.1, 0.15) is 17.2 Å². The first-order chi connectivity index (χ1) is 15.2. The molecule has 4 nitrogen and oxygen atoms in total. The zero-order chi connectivity index (χ0) is 21.6. The van der Waals surface area contributed by atoms with Crippen molar-refractivity contribution in [3.63, 3.8) is 0 Å². The second-order valence-corrected chi connectivity index (χ2v) is 8.34. The molecular weight excluding hydrogens is 426 g/mol. The number of thiocarbonyl (C=S) groups is 1. The minimum atomic E-state index is 0.235. The van der Waals surface area contributed by atoms with Crippen LogP contribution in [0.4, 0.5) is 5.69 Å². The lowest BCUT2D eigenvalue weighted by molar-refractivity contribution is 0.151. The van der Waals surface area contributed by atoms with Crippen molar-refractivity contribution in [1.82, 2.24) is 9.80 Å². The fourth-order valence-electron chi connectivity index (χ4n) is 4.04. The Balaban J connectivity index is 1.46. The first-order valence-corrected chi connectivity index (χ1v) is 11.2. The molecule has 1 saturated heterocycles. The Morgan fingerprint density at radius 1 is 0.903 bits per heavy atom. The molecule has 0 saturated carbocycles. The summed E-state index contributed by atoms with van der Waals surface area (Å²) in [6.45, 7) is 3.54. The van der Waals surface area contributed by atoms with Gasteiger partial charge in [0.1, 0.15) is 5.75 Å². The number of benzene rings is 3. The smallest absolute Gasteiger partial charge is 0.173 e. The molecule has 0 amide bonds. The molecule has 1 heterocycles. The quantitative estimate of drug-likeness (QED) is 0.520. The summed E-state index contributed by atoms with van der Waals surface area (Å²) in [6.07, 6.45) is 0. The number of nitrogens with zero attached hydrogens (tertiary/aromatic N) is 2. The van der Waals surface area contributed by atoms with Crippen LogP contribution in [0.25, 0.3) is 0 Å². The maximum Gasteiger partial charge on any atom is 0.173 e. The Bertz CT molecular complexity index is 968. The molecule has 0 aromatic heterocycles. The third-order valence-electron chi connectivity index (χ3n) is 5.60. The summed E-state index contributed by atoms with van der Waals surface area (Å²) in [5.74, 6) is 0.721. The van der Waals surface area contributed by atoms with Gasteiger partial charge in [0.05, 0.1) is 18.8 Å². The summed E-state index contributed by atoms with van der Waals surface area (Å²) >= 11 is 11.9. The van der Waals surface area contributed by atoms with E-state index < -0.39 is 0 Å². The van der Waals surface area contributed by atoms with Crippen molar-refractivity contribution in [3.05, 3.63) is 95.0 Å². The van der Waals surface area contributed by atoms with Crippen LogP contribution >= 0.6 is 23.8 Å².